The summed E-state index contributed by atoms with van der Waals surface area (Å²) in [7, 11) is -3.16. The van der Waals surface area contributed by atoms with Crippen LogP contribution in [0.1, 0.15) is 24.9 Å². The molecule has 1 heterocycles. The van der Waals surface area contributed by atoms with Gasteiger partial charge >= 0.3 is 0 Å². The third kappa shape index (κ3) is 3.15. The van der Waals surface area contributed by atoms with E-state index in [1.54, 1.807) is 6.92 Å². The number of hydrogen-bond acceptors (Lipinski definition) is 3. The minimum absolute atomic E-state index is 0.0179. The number of hydrogen-bond donors (Lipinski definition) is 1. The summed E-state index contributed by atoms with van der Waals surface area (Å²) in [5, 5.41) is 2.91. The monoisotopic (exact) mass is 307 g/mol. The molecule has 7 heteroatoms. The molecule has 2 unspecified atom stereocenters. The molecule has 2 atom stereocenters. The van der Waals surface area contributed by atoms with Crippen LogP contribution in [0.3, 0.4) is 0 Å². The van der Waals surface area contributed by atoms with Crippen molar-refractivity contribution < 1.29 is 21.6 Å². The van der Waals surface area contributed by atoms with Gasteiger partial charge in [-0.2, -0.15) is 0 Å². The van der Waals surface area contributed by atoms with E-state index in [0.29, 0.717) is 25.1 Å². The van der Waals surface area contributed by atoms with Crippen molar-refractivity contribution >= 4 is 9.84 Å². The first kappa shape index (κ1) is 15.3. The third-order valence-corrected chi connectivity index (χ3v) is 5.31. The fourth-order valence-corrected chi connectivity index (χ4v) is 4.50. The van der Waals surface area contributed by atoms with E-state index < -0.39 is 39.2 Å². The number of nitrogens with one attached hydrogen (secondary N) is 1. The molecule has 0 aromatic heterocycles. The molecule has 1 aliphatic heterocycles. The zero-order valence-electron chi connectivity index (χ0n) is 11.0. The molecule has 3 nitrogen and oxygen atoms in total. The van der Waals surface area contributed by atoms with Gasteiger partial charge in [0.2, 0.25) is 0 Å². The predicted octanol–water partition coefficient (Wildman–Crippen LogP) is 2.19. The van der Waals surface area contributed by atoms with E-state index in [1.807, 2.05) is 0 Å². The Bertz CT molecular complexity index is 581. The second-order valence-corrected chi connectivity index (χ2v) is 7.21. The molecule has 0 aliphatic carbocycles. The van der Waals surface area contributed by atoms with Gasteiger partial charge in [-0.05, 0) is 18.9 Å². The van der Waals surface area contributed by atoms with Crippen LogP contribution in [0.15, 0.2) is 12.1 Å². The zero-order chi connectivity index (χ0) is 14.9. The van der Waals surface area contributed by atoms with Crippen molar-refractivity contribution in [2.75, 3.05) is 18.1 Å². The molecular formula is C13H16F3NO2S. The van der Waals surface area contributed by atoms with Gasteiger partial charge in [-0.15, -0.1) is 0 Å². The Morgan fingerprint density at radius 1 is 1.30 bits per heavy atom. The summed E-state index contributed by atoms with van der Waals surface area (Å²) in [6, 6.07) is 0.469. The number of benzene rings is 1. The average Bonchev–Trinajstić information content (AvgIpc) is 2.67. The zero-order valence-corrected chi connectivity index (χ0v) is 11.8. The van der Waals surface area contributed by atoms with E-state index in [2.05, 4.69) is 5.32 Å². The van der Waals surface area contributed by atoms with Gasteiger partial charge in [-0.3, -0.25) is 0 Å². The van der Waals surface area contributed by atoms with E-state index >= 15 is 0 Å². The van der Waals surface area contributed by atoms with Crippen LogP contribution >= 0.6 is 0 Å². The van der Waals surface area contributed by atoms with Crippen LogP contribution in [-0.2, 0) is 9.84 Å². The predicted molar refractivity (Wildman–Crippen MR) is 69.5 cm³/mol. The van der Waals surface area contributed by atoms with E-state index in [4.69, 9.17) is 0 Å². The Morgan fingerprint density at radius 3 is 2.35 bits per heavy atom. The lowest BCUT2D eigenvalue weighted by Crippen LogP contribution is -2.30. The van der Waals surface area contributed by atoms with E-state index in [0.717, 1.165) is 0 Å². The standard InChI is InChI=1S/C13H16F3NO2S/c1-2-17-13(8-3-4-20(18,19)7-8)12-10(15)5-9(14)6-11(12)16/h5-6,8,13,17H,2-4,7H2,1H3. The normalized spacial score (nSPS) is 22.9. The van der Waals surface area contributed by atoms with Crippen molar-refractivity contribution in [1.29, 1.82) is 0 Å². The smallest absolute Gasteiger partial charge is 0.150 e. The van der Waals surface area contributed by atoms with Gasteiger partial charge < -0.3 is 5.32 Å². The van der Waals surface area contributed by atoms with Crippen molar-refractivity contribution in [3.8, 4) is 0 Å². The molecule has 1 aromatic carbocycles. The van der Waals surface area contributed by atoms with Gasteiger partial charge in [0, 0.05) is 23.7 Å². The molecule has 20 heavy (non-hydrogen) atoms. The number of halogens is 3. The van der Waals surface area contributed by atoms with Crippen molar-refractivity contribution in [2.24, 2.45) is 5.92 Å². The Kier molecular flexibility index (Phi) is 4.39. The van der Waals surface area contributed by atoms with Gasteiger partial charge in [0.25, 0.3) is 0 Å². The van der Waals surface area contributed by atoms with Crippen LogP contribution in [0.2, 0.25) is 0 Å². The summed E-state index contributed by atoms with van der Waals surface area (Å²) in [4.78, 5) is 0. The number of rotatable bonds is 4. The molecule has 0 bridgehead atoms. The summed E-state index contributed by atoms with van der Waals surface area (Å²) in [5.74, 6) is -3.46. The van der Waals surface area contributed by atoms with Crippen LogP contribution < -0.4 is 5.32 Å². The van der Waals surface area contributed by atoms with Gasteiger partial charge in [0.1, 0.15) is 17.5 Å². The maximum atomic E-state index is 13.9. The lowest BCUT2D eigenvalue weighted by molar-refractivity contribution is 0.369. The molecule has 1 aliphatic rings. The summed E-state index contributed by atoms with van der Waals surface area (Å²) in [6.07, 6.45) is 0.344. The second kappa shape index (κ2) is 5.73. The molecule has 0 spiro atoms. The average molecular weight is 307 g/mol. The van der Waals surface area contributed by atoms with Crippen molar-refractivity contribution in [3.63, 3.8) is 0 Å². The first-order valence-corrected chi connectivity index (χ1v) is 8.24. The SMILES string of the molecule is CCNC(c1c(F)cc(F)cc1F)C1CCS(=O)(=O)C1. The van der Waals surface area contributed by atoms with Gasteiger partial charge in [0.05, 0.1) is 11.5 Å². The van der Waals surface area contributed by atoms with E-state index in [1.165, 1.54) is 0 Å². The van der Waals surface area contributed by atoms with Crippen LogP contribution in [-0.4, -0.2) is 26.5 Å². The topological polar surface area (TPSA) is 46.2 Å². The first-order valence-electron chi connectivity index (χ1n) is 6.42. The largest absolute Gasteiger partial charge is 0.310 e. The molecule has 0 amide bonds. The van der Waals surface area contributed by atoms with Crippen LogP contribution in [0.25, 0.3) is 0 Å². The van der Waals surface area contributed by atoms with Crippen molar-refractivity contribution in [2.45, 2.75) is 19.4 Å². The lowest BCUT2D eigenvalue weighted by atomic mass is 9.91. The fourth-order valence-electron chi connectivity index (χ4n) is 2.66. The maximum Gasteiger partial charge on any atom is 0.150 e. The summed E-state index contributed by atoms with van der Waals surface area (Å²) >= 11 is 0. The molecule has 1 aromatic rings. The summed E-state index contributed by atoms with van der Waals surface area (Å²) < 4.78 is 63.7. The molecular weight excluding hydrogens is 291 g/mol. The molecule has 0 saturated carbocycles. The molecule has 2 rings (SSSR count). The van der Waals surface area contributed by atoms with Gasteiger partial charge in [-0.1, -0.05) is 6.92 Å². The van der Waals surface area contributed by atoms with Crippen molar-refractivity contribution in [3.05, 3.63) is 35.1 Å². The van der Waals surface area contributed by atoms with E-state index in [-0.39, 0.29) is 17.1 Å². The minimum atomic E-state index is -3.16. The van der Waals surface area contributed by atoms with Gasteiger partial charge in [0.15, 0.2) is 9.84 Å². The van der Waals surface area contributed by atoms with Crippen LogP contribution in [0, 0.1) is 23.4 Å². The Morgan fingerprint density at radius 2 is 1.90 bits per heavy atom. The quantitative estimate of drug-likeness (QED) is 0.927. The third-order valence-electron chi connectivity index (χ3n) is 3.52. The highest BCUT2D eigenvalue weighted by Gasteiger charge is 2.36. The van der Waals surface area contributed by atoms with Crippen LogP contribution in [0.4, 0.5) is 13.2 Å². The Balaban J connectivity index is 2.39. The lowest BCUT2D eigenvalue weighted by Gasteiger charge is -2.24. The Hall–Kier alpha value is -1.08. The highest BCUT2D eigenvalue weighted by molar-refractivity contribution is 7.91. The van der Waals surface area contributed by atoms with Crippen LogP contribution in [0.5, 0.6) is 0 Å². The first-order chi connectivity index (χ1) is 9.34. The highest BCUT2D eigenvalue weighted by atomic mass is 32.2. The number of sulfone groups is 1. The molecule has 0 radical (unpaired) electrons. The maximum absolute atomic E-state index is 13.9. The fraction of sp³-hybridized carbons (Fsp3) is 0.538. The molecule has 1 saturated heterocycles. The minimum Gasteiger partial charge on any atom is -0.310 e. The Labute approximate surface area is 116 Å². The highest BCUT2D eigenvalue weighted by Crippen LogP contribution is 2.34. The summed E-state index contributed by atoms with van der Waals surface area (Å²) in [6.45, 7) is 2.19. The van der Waals surface area contributed by atoms with Crippen molar-refractivity contribution in [1.82, 2.24) is 5.32 Å². The molecule has 1 fully saturated rings. The van der Waals surface area contributed by atoms with E-state index in [9.17, 15) is 21.6 Å². The second-order valence-electron chi connectivity index (χ2n) is 4.98. The molecule has 112 valence electrons. The molecule has 1 N–H and O–H groups in total. The summed E-state index contributed by atoms with van der Waals surface area (Å²) in [5.41, 5.74) is -0.282. The van der Waals surface area contributed by atoms with Gasteiger partial charge in [-0.25, -0.2) is 21.6 Å².